The van der Waals surface area contributed by atoms with E-state index in [4.69, 9.17) is 9.05 Å². The van der Waals surface area contributed by atoms with Gasteiger partial charge in [-0.1, -0.05) is 314 Å². The van der Waals surface area contributed by atoms with Gasteiger partial charge in [-0.3, -0.25) is 13.8 Å². The third-order valence-electron chi connectivity index (χ3n) is 15.0. The van der Waals surface area contributed by atoms with Gasteiger partial charge in [-0.2, -0.15) is 0 Å². The van der Waals surface area contributed by atoms with Crippen molar-refractivity contribution in [3.05, 3.63) is 146 Å². The molecule has 0 saturated heterocycles. The summed E-state index contributed by atoms with van der Waals surface area (Å²) in [6.07, 6.45) is 101. The van der Waals surface area contributed by atoms with Gasteiger partial charge in [0, 0.05) is 6.42 Å². The number of unbranched alkanes of at least 4 members (excludes halogenated alkanes) is 28. The van der Waals surface area contributed by atoms with Crippen LogP contribution in [-0.2, 0) is 18.4 Å². The number of aliphatic hydroxyl groups is 1. The fourth-order valence-corrected chi connectivity index (χ4v) is 10.4. The van der Waals surface area contributed by atoms with Gasteiger partial charge < -0.3 is 19.8 Å². The van der Waals surface area contributed by atoms with Gasteiger partial charge in [-0.05, 0) is 109 Å². The molecule has 0 bridgehead atoms. The number of quaternary nitrogens is 1. The molecule has 3 N–H and O–H groups in total. The summed E-state index contributed by atoms with van der Waals surface area (Å²) >= 11 is 0. The van der Waals surface area contributed by atoms with Crippen molar-refractivity contribution in [1.29, 1.82) is 0 Å². The van der Waals surface area contributed by atoms with Crippen molar-refractivity contribution in [2.24, 2.45) is 0 Å². The number of likely N-dealkylation sites (N-methyl/N-ethyl adjacent to an activating group) is 1. The summed E-state index contributed by atoms with van der Waals surface area (Å²) in [6, 6.07) is -0.884. The molecule has 0 fully saturated rings. The number of phosphoric ester groups is 1. The number of carbonyl (C=O) groups excluding carboxylic acids is 1. The summed E-state index contributed by atoms with van der Waals surface area (Å²) in [5.74, 6) is -0.205. The molecule has 86 heavy (non-hydrogen) atoms. The zero-order valence-corrected chi connectivity index (χ0v) is 57.1. The second-order valence-electron chi connectivity index (χ2n) is 24.5. The molecule has 3 atom stereocenters. The van der Waals surface area contributed by atoms with Crippen LogP contribution in [0.3, 0.4) is 0 Å². The first kappa shape index (κ1) is 82.4. The molecule has 0 radical (unpaired) electrons. The topological polar surface area (TPSA) is 105 Å². The van der Waals surface area contributed by atoms with E-state index >= 15 is 0 Å². The first-order valence-electron chi connectivity index (χ1n) is 35.2. The smallest absolute Gasteiger partial charge is 0.387 e. The van der Waals surface area contributed by atoms with E-state index in [1.54, 1.807) is 6.08 Å². The van der Waals surface area contributed by atoms with Crippen LogP contribution in [0, 0.1) is 0 Å². The predicted octanol–water partition coefficient (Wildman–Crippen LogP) is 22.8. The number of allylic oxidation sites excluding steroid dienone is 23. The van der Waals surface area contributed by atoms with Gasteiger partial charge in [0.25, 0.3) is 0 Å². The number of hydrogen-bond acceptors (Lipinski definition) is 5. The van der Waals surface area contributed by atoms with Gasteiger partial charge in [-0.15, -0.1) is 0 Å². The maximum absolute atomic E-state index is 13.0. The van der Waals surface area contributed by atoms with Crippen molar-refractivity contribution in [3.63, 3.8) is 0 Å². The Labute approximate surface area is 531 Å². The molecule has 0 aromatic heterocycles. The average molecular weight is 1210 g/mol. The second-order valence-corrected chi connectivity index (χ2v) is 26.0. The molecule has 0 aromatic carbocycles. The Hall–Kier alpha value is -3.62. The molecule has 0 aliphatic carbocycles. The van der Waals surface area contributed by atoms with Crippen LogP contribution in [0.15, 0.2) is 146 Å². The van der Waals surface area contributed by atoms with Crippen LogP contribution in [-0.4, -0.2) is 73.4 Å². The average Bonchev–Trinajstić information content (AvgIpc) is 3.70. The lowest BCUT2D eigenvalue weighted by atomic mass is 10.0. The molecule has 9 heteroatoms. The fraction of sp³-hybridized carbons (Fsp3) is 0.675. The third kappa shape index (κ3) is 67.9. The molecule has 0 saturated carbocycles. The highest BCUT2D eigenvalue weighted by Gasteiger charge is 2.28. The molecule has 8 nitrogen and oxygen atoms in total. The van der Waals surface area contributed by atoms with Gasteiger partial charge in [0.2, 0.25) is 5.91 Å². The maximum atomic E-state index is 13.0. The van der Waals surface area contributed by atoms with Crippen molar-refractivity contribution in [1.82, 2.24) is 5.32 Å². The van der Waals surface area contributed by atoms with Crippen LogP contribution in [0.1, 0.15) is 284 Å². The van der Waals surface area contributed by atoms with E-state index in [0.29, 0.717) is 17.4 Å². The number of phosphoric acid groups is 1. The Kier molecular flexibility index (Phi) is 63.0. The van der Waals surface area contributed by atoms with Crippen molar-refractivity contribution < 1.29 is 32.9 Å². The number of hydrogen-bond donors (Lipinski definition) is 3. The minimum atomic E-state index is -4.38. The molecule has 0 aliphatic rings. The van der Waals surface area contributed by atoms with Crippen LogP contribution < -0.4 is 5.32 Å². The van der Waals surface area contributed by atoms with E-state index in [0.717, 1.165) is 122 Å². The number of amides is 1. The van der Waals surface area contributed by atoms with E-state index in [1.807, 2.05) is 27.2 Å². The Balaban J connectivity index is 4.22. The van der Waals surface area contributed by atoms with Crippen LogP contribution in [0.25, 0.3) is 0 Å². The zero-order valence-electron chi connectivity index (χ0n) is 56.3. The summed E-state index contributed by atoms with van der Waals surface area (Å²) in [5.41, 5.74) is 0. The highest BCUT2D eigenvalue weighted by atomic mass is 31.2. The quantitative estimate of drug-likeness (QED) is 0.0243. The monoisotopic (exact) mass is 1210 g/mol. The van der Waals surface area contributed by atoms with Crippen molar-refractivity contribution in [2.75, 3.05) is 40.9 Å². The molecule has 0 aliphatic heterocycles. The number of nitrogens with one attached hydrogen (secondary N) is 1. The summed E-state index contributed by atoms with van der Waals surface area (Å²) in [4.78, 5) is 23.4. The van der Waals surface area contributed by atoms with Crippen LogP contribution in [0.2, 0.25) is 0 Å². The number of rotatable bonds is 63. The minimum Gasteiger partial charge on any atom is -0.387 e. The van der Waals surface area contributed by atoms with Crippen LogP contribution >= 0.6 is 7.82 Å². The number of carbonyl (C=O) groups is 1. The summed E-state index contributed by atoms with van der Waals surface area (Å²) < 4.78 is 23.8. The van der Waals surface area contributed by atoms with Crippen molar-refractivity contribution >= 4 is 13.7 Å². The van der Waals surface area contributed by atoms with Gasteiger partial charge in [0.1, 0.15) is 13.2 Å². The van der Waals surface area contributed by atoms with Crippen molar-refractivity contribution in [3.8, 4) is 0 Å². The largest absolute Gasteiger partial charge is 0.472 e. The fourth-order valence-electron chi connectivity index (χ4n) is 9.62. The van der Waals surface area contributed by atoms with Gasteiger partial charge in [-0.25, -0.2) is 4.57 Å². The highest BCUT2D eigenvalue weighted by molar-refractivity contribution is 7.47. The third-order valence-corrected chi connectivity index (χ3v) is 16.0. The summed E-state index contributed by atoms with van der Waals surface area (Å²) in [7, 11) is 1.53. The standard InChI is InChI=1S/C77H133N2O6P/c1-6-8-10-12-14-16-18-20-22-24-26-28-30-32-34-35-36-37-38-39-40-41-42-43-45-47-49-51-53-55-57-59-61-63-65-67-69-71-77(81)78-75(74-85-86(82,83)84-73-72-79(3,4)5)76(80)70-68-66-64-62-60-58-56-54-52-50-48-46-44-33-31-29-27-25-23-21-19-17-15-13-11-9-7-2/h8,10,14,16,20,22,26,28,32,34,36-37,39-40,42-43,47,49,53,55,60,62,68,70,75-76,80H,6-7,9,11-13,15,17-19,21,23-25,27,29-31,33,35,38,41,44-46,48,50-52,54,56-59,61,63-67,69,71-74H2,1-5H3,(H-,78,81,82,83)/p+1/b10-8-,16-14-,22-20-,28-26-,34-32-,37-36-,40-39-,43-42-,49-47-,55-53-,62-60+,70-68+. The van der Waals surface area contributed by atoms with Gasteiger partial charge >= 0.3 is 7.82 Å². The second kappa shape index (κ2) is 65.8. The predicted molar refractivity (Wildman–Crippen MR) is 378 cm³/mol. The Morgan fingerprint density at radius 1 is 0.407 bits per heavy atom. The molecule has 0 aromatic rings. The van der Waals surface area contributed by atoms with E-state index in [-0.39, 0.29) is 19.1 Å². The Bertz CT molecular complexity index is 1910. The van der Waals surface area contributed by atoms with Gasteiger partial charge in [0.05, 0.1) is 39.9 Å². The lowest BCUT2D eigenvalue weighted by Crippen LogP contribution is -2.45. The number of aliphatic hydroxyl groups excluding tert-OH is 1. The Morgan fingerprint density at radius 2 is 0.709 bits per heavy atom. The normalized spacial score (nSPS) is 14.5. The lowest BCUT2D eigenvalue weighted by molar-refractivity contribution is -0.870. The molecule has 0 spiro atoms. The first-order chi connectivity index (χ1) is 42.0. The first-order valence-corrected chi connectivity index (χ1v) is 36.7. The Morgan fingerprint density at radius 3 is 1.07 bits per heavy atom. The van der Waals surface area contributed by atoms with E-state index in [9.17, 15) is 19.4 Å². The van der Waals surface area contributed by atoms with E-state index in [1.165, 1.54) is 141 Å². The highest BCUT2D eigenvalue weighted by Crippen LogP contribution is 2.43. The molecule has 492 valence electrons. The zero-order chi connectivity index (χ0) is 62.6. The summed E-state index contributed by atoms with van der Waals surface area (Å²) in [6.45, 7) is 4.68. The molecule has 0 rings (SSSR count). The molecular formula is C77H134N2O6P+. The maximum Gasteiger partial charge on any atom is 0.472 e. The molecule has 0 heterocycles. The molecular weight excluding hydrogens is 1080 g/mol. The van der Waals surface area contributed by atoms with Crippen LogP contribution in [0.4, 0.5) is 0 Å². The van der Waals surface area contributed by atoms with Gasteiger partial charge in [0.15, 0.2) is 0 Å². The molecule has 3 unspecified atom stereocenters. The van der Waals surface area contributed by atoms with E-state index in [2.05, 4.69) is 153 Å². The molecule has 1 amide bonds. The summed E-state index contributed by atoms with van der Waals surface area (Å²) in [5, 5.41) is 14.0. The lowest BCUT2D eigenvalue weighted by Gasteiger charge is -2.25. The minimum absolute atomic E-state index is 0.0456. The van der Waals surface area contributed by atoms with Crippen molar-refractivity contribution in [2.45, 2.75) is 296 Å². The van der Waals surface area contributed by atoms with Crippen LogP contribution in [0.5, 0.6) is 0 Å². The van der Waals surface area contributed by atoms with E-state index < -0.39 is 20.0 Å². The SMILES string of the molecule is CC/C=C\C/C=C\C/C=C\C/C=C\C/C=C\C/C=C\C/C=C\C/C=C\C/C=C\C/C=C\CCCCCCCCC(=O)NC(COP(=O)(O)OCC[N+](C)(C)C)C(O)/C=C/CC/C=C/CCCCCCCCCCCCCCCCCCCCCCC. The number of nitrogens with zero attached hydrogens (tertiary/aromatic N) is 1.